The highest BCUT2D eigenvalue weighted by atomic mass is 16.7. The Morgan fingerprint density at radius 2 is 2.10 bits per heavy atom. The third-order valence-electron chi connectivity index (χ3n) is 3.73. The molecule has 0 amide bonds. The standard InChI is InChI=1S/C14H17N3O4/c1-18-12-7-10(16-17-15)13-11(20-12)8-19-14(21-13)9-5-3-2-4-6-9/h2-6,10-14H,7-8H2,1H3/t10-,11+,12+,13-,14?/m0/s1. The van der Waals surface area contributed by atoms with E-state index in [1.165, 1.54) is 0 Å². The average Bonchev–Trinajstić information content (AvgIpc) is 2.55. The number of nitrogens with zero attached hydrogens (tertiary/aromatic N) is 3. The maximum atomic E-state index is 8.74. The van der Waals surface area contributed by atoms with Crippen LogP contribution in [0.25, 0.3) is 10.4 Å². The normalized spacial score (nSPS) is 35.6. The van der Waals surface area contributed by atoms with Gasteiger partial charge in [-0.1, -0.05) is 35.4 Å². The molecule has 1 aromatic rings. The lowest BCUT2D eigenvalue weighted by Gasteiger charge is -2.44. The third-order valence-corrected chi connectivity index (χ3v) is 3.73. The van der Waals surface area contributed by atoms with Gasteiger partial charge in [0, 0.05) is 24.0 Å². The van der Waals surface area contributed by atoms with E-state index in [0.717, 1.165) is 5.56 Å². The smallest absolute Gasteiger partial charge is 0.184 e. The van der Waals surface area contributed by atoms with Crippen molar-refractivity contribution in [2.45, 2.75) is 37.3 Å². The van der Waals surface area contributed by atoms with Gasteiger partial charge in [-0.15, -0.1) is 0 Å². The zero-order valence-electron chi connectivity index (χ0n) is 11.7. The van der Waals surface area contributed by atoms with E-state index in [4.69, 9.17) is 24.5 Å². The fourth-order valence-corrected chi connectivity index (χ4v) is 2.70. The van der Waals surface area contributed by atoms with Crippen molar-refractivity contribution in [3.8, 4) is 0 Å². The van der Waals surface area contributed by atoms with Crippen LogP contribution in [0.1, 0.15) is 18.3 Å². The topological polar surface area (TPSA) is 85.7 Å². The Morgan fingerprint density at radius 3 is 2.81 bits per heavy atom. The molecule has 0 aliphatic carbocycles. The number of fused-ring (bicyclic) bond motifs is 1. The van der Waals surface area contributed by atoms with Gasteiger partial charge in [-0.25, -0.2) is 0 Å². The average molecular weight is 291 g/mol. The van der Waals surface area contributed by atoms with Crippen LogP contribution in [0.15, 0.2) is 35.4 Å². The molecule has 2 aliphatic rings. The van der Waals surface area contributed by atoms with Gasteiger partial charge in [-0.05, 0) is 5.53 Å². The number of hydrogen-bond acceptors (Lipinski definition) is 5. The maximum absolute atomic E-state index is 8.74. The molecule has 21 heavy (non-hydrogen) atoms. The summed E-state index contributed by atoms with van der Waals surface area (Å²) < 4.78 is 22.6. The zero-order valence-corrected chi connectivity index (χ0v) is 11.7. The summed E-state index contributed by atoms with van der Waals surface area (Å²) in [6.07, 6.45) is -1.01. The first-order chi connectivity index (χ1) is 10.3. The summed E-state index contributed by atoms with van der Waals surface area (Å²) in [4.78, 5) is 2.91. The summed E-state index contributed by atoms with van der Waals surface area (Å²) in [6, 6.07) is 9.35. The van der Waals surface area contributed by atoms with Gasteiger partial charge in [0.15, 0.2) is 12.6 Å². The summed E-state index contributed by atoms with van der Waals surface area (Å²) in [5.41, 5.74) is 9.68. The van der Waals surface area contributed by atoms with Crippen LogP contribution in [0.3, 0.4) is 0 Å². The summed E-state index contributed by atoms with van der Waals surface area (Å²) in [5.74, 6) is 0. The SMILES string of the molecule is CO[C@H]1C[C@H](N=[N+]=[N-])[C@@H]2OC(c3ccccc3)OC[C@H]2O1. The van der Waals surface area contributed by atoms with Gasteiger partial charge < -0.3 is 18.9 Å². The maximum Gasteiger partial charge on any atom is 0.184 e. The van der Waals surface area contributed by atoms with Crippen molar-refractivity contribution < 1.29 is 18.9 Å². The van der Waals surface area contributed by atoms with E-state index < -0.39 is 12.6 Å². The lowest BCUT2D eigenvalue weighted by Crippen LogP contribution is -2.54. The second kappa shape index (κ2) is 6.43. The van der Waals surface area contributed by atoms with Gasteiger partial charge in [0.25, 0.3) is 0 Å². The third kappa shape index (κ3) is 3.02. The van der Waals surface area contributed by atoms with Crippen LogP contribution in [0.4, 0.5) is 0 Å². The molecule has 0 bridgehead atoms. The molecule has 0 N–H and O–H groups in total. The van der Waals surface area contributed by atoms with Crippen LogP contribution in [-0.4, -0.2) is 38.3 Å². The van der Waals surface area contributed by atoms with Gasteiger partial charge in [0.2, 0.25) is 0 Å². The number of methoxy groups -OCH3 is 1. The van der Waals surface area contributed by atoms with E-state index in [1.54, 1.807) is 7.11 Å². The van der Waals surface area contributed by atoms with Crippen LogP contribution < -0.4 is 0 Å². The van der Waals surface area contributed by atoms with E-state index >= 15 is 0 Å². The summed E-state index contributed by atoms with van der Waals surface area (Å²) in [6.45, 7) is 0.377. The van der Waals surface area contributed by atoms with Gasteiger partial charge in [0.1, 0.15) is 6.10 Å². The Labute approximate surface area is 122 Å². The van der Waals surface area contributed by atoms with Gasteiger partial charge in [0.05, 0.1) is 18.8 Å². The van der Waals surface area contributed by atoms with Crippen molar-refractivity contribution in [1.82, 2.24) is 0 Å². The first kappa shape index (κ1) is 14.3. The van der Waals surface area contributed by atoms with Crippen molar-refractivity contribution in [1.29, 1.82) is 0 Å². The Kier molecular flexibility index (Phi) is 4.38. The first-order valence-electron chi connectivity index (χ1n) is 6.86. The molecule has 2 heterocycles. The zero-order chi connectivity index (χ0) is 14.7. The summed E-state index contributed by atoms with van der Waals surface area (Å²) >= 11 is 0. The first-order valence-corrected chi connectivity index (χ1v) is 6.86. The van der Waals surface area contributed by atoms with Crippen LogP contribution in [0, 0.1) is 0 Å². The molecule has 1 aromatic carbocycles. The Hall–Kier alpha value is -1.63. The molecule has 0 aromatic heterocycles. The molecule has 5 atom stereocenters. The fourth-order valence-electron chi connectivity index (χ4n) is 2.70. The van der Waals surface area contributed by atoms with Crippen LogP contribution >= 0.6 is 0 Å². The number of hydrogen-bond donors (Lipinski definition) is 0. The predicted molar refractivity (Wildman–Crippen MR) is 73.2 cm³/mol. The lowest BCUT2D eigenvalue weighted by molar-refractivity contribution is -0.317. The van der Waals surface area contributed by atoms with Gasteiger partial charge in [-0.3, -0.25) is 0 Å². The second-order valence-electron chi connectivity index (χ2n) is 5.02. The monoisotopic (exact) mass is 291 g/mol. The van der Waals surface area contributed by atoms with Crippen molar-refractivity contribution in [3.05, 3.63) is 46.3 Å². The number of benzene rings is 1. The van der Waals surface area contributed by atoms with Crippen LogP contribution in [0.2, 0.25) is 0 Å². The molecular weight excluding hydrogens is 274 g/mol. The molecule has 2 aliphatic heterocycles. The molecule has 0 saturated carbocycles. The highest BCUT2D eigenvalue weighted by molar-refractivity contribution is 5.16. The molecular formula is C14H17N3O4. The molecule has 7 nitrogen and oxygen atoms in total. The fraction of sp³-hybridized carbons (Fsp3) is 0.571. The molecule has 7 heteroatoms. The molecule has 3 rings (SSSR count). The van der Waals surface area contributed by atoms with Gasteiger partial charge in [-0.2, -0.15) is 0 Å². The quantitative estimate of drug-likeness (QED) is 0.486. The Balaban J connectivity index is 1.77. The van der Waals surface area contributed by atoms with E-state index in [1.807, 2.05) is 30.3 Å². The minimum atomic E-state index is -0.466. The Morgan fingerprint density at radius 1 is 1.29 bits per heavy atom. The second-order valence-corrected chi connectivity index (χ2v) is 5.02. The van der Waals surface area contributed by atoms with E-state index in [9.17, 15) is 0 Å². The van der Waals surface area contributed by atoms with Crippen molar-refractivity contribution >= 4 is 0 Å². The highest BCUT2D eigenvalue weighted by Crippen LogP contribution is 2.35. The predicted octanol–water partition coefficient (Wildman–Crippen LogP) is 2.54. The molecule has 2 fully saturated rings. The van der Waals surface area contributed by atoms with E-state index in [2.05, 4.69) is 10.0 Å². The van der Waals surface area contributed by atoms with E-state index in [0.29, 0.717) is 13.0 Å². The lowest BCUT2D eigenvalue weighted by atomic mass is 9.98. The Bertz CT molecular complexity index is 520. The van der Waals surface area contributed by atoms with Gasteiger partial charge >= 0.3 is 0 Å². The number of azide groups is 1. The molecule has 0 radical (unpaired) electrons. The van der Waals surface area contributed by atoms with E-state index in [-0.39, 0.29) is 18.2 Å². The highest BCUT2D eigenvalue weighted by Gasteiger charge is 2.44. The van der Waals surface area contributed by atoms with Crippen LogP contribution in [-0.2, 0) is 18.9 Å². The number of rotatable bonds is 3. The largest absolute Gasteiger partial charge is 0.356 e. The molecule has 1 unspecified atom stereocenters. The number of ether oxygens (including phenoxy) is 4. The van der Waals surface area contributed by atoms with Crippen molar-refractivity contribution in [3.63, 3.8) is 0 Å². The summed E-state index contributed by atoms with van der Waals surface area (Å²) in [7, 11) is 1.56. The summed E-state index contributed by atoms with van der Waals surface area (Å²) in [5, 5.41) is 3.83. The van der Waals surface area contributed by atoms with Crippen molar-refractivity contribution in [2.24, 2.45) is 5.11 Å². The molecule has 0 spiro atoms. The van der Waals surface area contributed by atoms with Crippen LogP contribution in [0.5, 0.6) is 0 Å². The minimum Gasteiger partial charge on any atom is -0.356 e. The van der Waals surface area contributed by atoms with Crippen molar-refractivity contribution in [2.75, 3.05) is 13.7 Å². The molecule has 2 saturated heterocycles. The minimum absolute atomic E-state index is 0.292. The molecule has 112 valence electrons.